The van der Waals surface area contributed by atoms with Crippen LogP contribution in [0.4, 0.5) is 10.1 Å². The Labute approximate surface area is 107 Å². The standard InChI is InChI=1S/C14H18FN3/c1-3-6-18-10-16-8-13(18)9-17-14-5-4-12(15)7-11(14)2/h4-5,7-8,10,17H,3,6,9H2,1-2H3. The summed E-state index contributed by atoms with van der Waals surface area (Å²) >= 11 is 0. The van der Waals surface area contributed by atoms with Crippen LogP contribution in [0.5, 0.6) is 0 Å². The average molecular weight is 247 g/mol. The lowest BCUT2D eigenvalue weighted by molar-refractivity contribution is 0.626. The van der Waals surface area contributed by atoms with E-state index in [0.717, 1.165) is 29.9 Å². The van der Waals surface area contributed by atoms with Gasteiger partial charge in [-0.15, -0.1) is 0 Å². The van der Waals surface area contributed by atoms with E-state index in [2.05, 4.69) is 21.8 Å². The highest BCUT2D eigenvalue weighted by molar-refractivity contribution is 5.50. The monoisotopic (exact) mass is 247 g/mol. The van der Waals surface area contributed by atoms with Crippen molar-refractivity contribution in [3.8, 4) is 0 Å². The second-order valence-corrected chi connectivity index (χ2v) is 4.39. The summed E-state index contributed by atoms with van der Waals surface area (Å²) in [4.78, 5) is 4.15. The lowest BCUT2D eigenvalue weighted by Crippen LogP contribution is -2.07. The number of aromatic nitrogens is 2. The molecule has 0 radical (unpaired) electrons. The molecule has 0 amide bonds. The van der Waals surface area contributed by atoms with Crippen LogP contribution in [0.2, 0.25) is 0 Å². The Bertz CT molecular complexity index is 520. The molecule has 3 nitrogen and oxygen atoms in total. The number of anilines is 1. The topological polar surface area (TPSA) is 29.9 Å². The van der Waals surface area contributed by atoms with Gasteiger partial charge in [-0.05, 0) is 37.1 Å². The molecule has 1 aromatic heterocycles. The van der Waals surface area contributed by atoms with Crippen molar-refractivity contribution in [1.29, 1.82) is 0 Å². The molecule has 0 fully saturated rings. The summed E-state index contributed by atoms with van der Waals surface area (Å²) in [6, 6.07) is 4.77. The van der Waals surface area contributed by atoms with Gasteiger partial charge in [0.25, 0.3) is 0 Å². The lowest BCUT2D eigenvalue weighted by Gasteiger charge is -2.11. The summed E-state index contributed by atoms with van der Waals surface area (Å²) in [6.07, 6.45) is 4.79. The van der Waals surface area contributed by atoms with Gasteiger partial charge in [-0.1, -0.05) is 6.92 Å². The van der Waals surface area contributed by atoms with Crippen LogP contribution in [-0.4, -0.2) is 9.55 Å². The molecule has 0 aliphatic heterocycles. The molecule has 4 heteroatoms. The van der Waals surface area contributed by atoms with E-state index in [1.807, 2.05) is 19.4 Å². The van der Waals surface area contributed by atoms with Gasteiger partial charge in [-0.3, -0.25) is 0 Å². The number of nitrogens with zero attached hydrogens (tertiary/aromatic N) is 2. The van der Waals surface area contributed by atoms with Crippen LogP contribution in [0.25, 0.3) is 0 Å². The van der Waals surface area contributed by atoms with E-state index in [1.54, 1.807) is 6.07 Å². The predicted octanol–water partition coefficient (Wildman–Crippen LogP) is 3.35. The molecule has 0 atom stereocenters. The van der Waals surface area contributed by atoms with Crippen LogP contribution >= 0.6 is 0 Å². The Balaban J connectivity index is 2.04. The Hall–Kier alpha value is -1.84. The SMILES string of the molecule is CCCn1cncc1CNc1ccc(F)cc1C. The van der Waals surface area contributed by atoms with Crippen molar-refractivity contribution in [3.05, 3.63) is 47.8 Å². The smallest absolute Gasteiger partial charge is 0.123 e. The van der Waals surface area contributed by atoms with Gasteiger partial charge in [0.1, 0.15) is 5.82 Å². The maximum Gasteiger partial charge on any atom is 0.123 e. The molecule has 0 saturated carbocycles. The summed E-state index contributed by atoms with van der Waals surface area (Å²) in [5.41, 5.74) is 3.01. The number of nitrogens with one attached hydrogen (secondary N) is 1. The quantitative estimate of drug-likeness (QED) is 0.878. The van der Waals surface area contributed by atoms with Crippen molar-refractivity contribution in [1.82, 2.24) is 9.55 Å². The lowest BCUT2D eigenvalue weighted by atomic mass is 10.2. The van der Waals surface area contributed by atoms with Crippen molar-refractivity contribution in [2.75, 3.05) is 5.32 Å². The van der Waals surface area contributed by atoms with Crippen molar-refractivity contribution in [3.63, 3.8) is 0 Å². The summed E-state index contributed by atoms with van der Waals surface area (Å²) in [7, 11) is 0. The first-order valence-corrected chi connectivity index (χ1v) is 6.19. The number of benzene rings is 1. The Kier molecular flexibility index (Phi) is 3.97. The first-order chi connectivity index (χ1) is 8.70. The third-order valence-electron chi connectivity index (χ3n) is 2.91. The fourth-order valence-electron chi connectivity index (χ4n) is 1.95. The molecule has 0 aliphatic rings. The zero-order valence-electron chi connectivity index (χ0n) is 10.8. The van der Waals surface area contributed by atoms with Crippen molar-refractivity contribution in [2.45, 2.75) is 33.4 Å². The molecule has 96 valence electrons. The number of hydrogen-bond acceptors (Lipinski definition) is 2. The van der Waals surface area contributed by atoms with Crippen molar-refractivity contribution >= 4 is 5.69 Å². The second-order valence-electron chi connectivity index (χ2n) is 4.39. The number of rotatable bonds is 5. The Morgan fingerprint density at radius 3 is 2.94 bits per heavy atom. The van der Waals surface area contributed by atoms with E-state index in [4.69, 9.17) is 0 Å². The van der Waals surface area contributed by atoms with E-state index in [1.165, 1.54) is 12.1 Å². The van der Waals surface area contributed by atoms with Gasteiger partial charge in [-0.25, -0.2) is 9.37 Å². The number of halogens is 1. The van der Waals surface area contributed by atoms with Gasteiger partial charge in [0, 0.05) is 18.4 Å². The Morgan fingerprint density at radius 2 is 2.22 bits per heavy atom. The average Bonchev–Trinajstić information content (AvgIpc) is 2.76. The fourth-order valence-corrected chi connectivity index (χ4v) is 1.95. The molecule has 0 aliphatic carbocycles. The highest BCUT2D eigenvalue weighted by atomic mass is 19.1. The molecule has 0 spiro atoms. The maximum absolute atomic E-state index is 13.0. The largest absolute Gasteiger partial charge is 0.379 e. The van der Waals surface area contributed by atoms with E-state index in [9.17, 15) is 4.39 Å². The normalized spacial score (nSPS) is 10.6. The van der Waals surface area contributed by atoms with Gasteiger partial charge in [0.15, 0.2) is 0 Å². The highest BCUT2D eigenvalue weighted by Gasteiger charge is 2.03. The molecule has 2 aromatic rings. The first kappa shape index (κ1) is 12.6. The molecule has 18 heavy (non-hydrogen) atoms. The molecule has 0 unspecified atom stereocenters. The minimum Gasteiger partial charge on any atom is -0.379 e. The zero-order valence-corrected chi connectivity index (χ0v) is 10.8. The van der Waals surface area contributed by atoms with Crippen LogP contribution in [0.15, 0.2) is 30.7 Å². The van der Waals surface area contributed by atoms with E-state index in [-0.39, 0.29) is 5.82 Å². The summed E-state index contributed by atoms with van der Waals surface area (Å²) in [6.45, 7) is 5.71. The number of imidazole rings is 1. The van der Waals surface area contributed by atoms with Crippen LogP contribution in [0.3, 0.4) is 0 Å². The zero-order chi connectivity index (χ0) is 13.0. The number of aryl methyl sites for hydroxylation is 2. The fraction of sp³-hybridized carbons (Fsp3) is 0.357. The van der Waals surface area contributed by atoms with E-state index < -0.39 is 0 Å². The van der Waals surface area contributed by atoms with Crippen LogP contribution in [-0.2, 0) is 13.1 Å². The van der Waals surface area contributed by atoms with Crippen molar-refractivity contribution in [2.24, 2.45) is 0 Å². The molecule has 1 heterocycles. The molecule has 0 saturated heterocycles. The highest BCUT2D eigenvalue weighted by Crippen LogP contribution is 2.16. The summed E-state index contributed by atoms with van der Waals surface area (Å²) in [5, 5.41) is 3.31. The summed E-state index contributed by atoms with van der Waals surface area (Å²) in [5.74, 6) is -0.200. The molecular weight excluding hydrogens is 229 g/mol. The summed E-state index contributed by atoms with van der Waals surface area (Å²) < 4.78 is 15.1. The van der Waals surface area contributed by atoms with Gasteiger partial charge >= 0.3 is 0 Å². The molecule has 1 N–H and O–H groups in total. The Morgan fingerprint density at radius 1 is 1.39 bits per heavy atom. The van der Waals surface area contributed by atoms with Gasteiger partial charge in [-0.2, -0.15) is 0 Å². The second kappa shape index (κ2) is 5.67. The first-order valence-electron chi connectivity index (χ1n) is 6.19. The number of hydrogen-bond donors (Lipinski definition) is 1. The third kappa shape index (κ3) is 2.88. The molecule has 2 rings (SSSR count). The molecular formula is C14H18FN3. The van der Waals surface area contributed by atoms with Crippen molar-refractivity contribution < 1.29 is 4.39 Å². The molecule has 0 bridgehead atoms. The maximum atomic E-state index is 13.0. The van der Waals surface area contributed by atoms with E-state index in [0.29, 0.717) is 6.54 Å². The van der Waals surface area contributed by atoms with Gasteiger partial charge in [0.2, 0.25) is 0 Å². The van der Waals surface area contributed by atoms with Crippen LogP contribution in [0.1, 0.15) is 24.6 Å². The minimum absolute atomic E-state index is 0.200. The van der Waals surface area contributed by atoms with Crippen LogP contribution in [0, 0.1) is 12.7 Å². The molecule has 1 aromatic carbocycles. The predicted molar refractivity (Wildman–Crippen MR) is 71.0 cm³/mol. The van der Waals surface area contributed by atoms with Gasteiger partial charge < -0.3 is 9.88 Å². The van der Waals surface area contributed by atoms with Crippen LogP contribution < -0.4 is 5.32 Å². The third-order valence-corrected chi connectivity index (χ3v) is 2.91. The van der Waals surface area contributed by atoms with Gasteiger partial charge in [0.05, 0.1) is 18.6 Å². The van der Waals surface area contributed by atoms with E-state index >= 15 is 0 Å². The minimum atomic E-state index is -0.200.